The quantitative estimate of drug-likeness (QED) is 0.666. The minimum atomic E-state index is -2.82. The van der Waals surface area contributed by atoms with Crippen LogP contribution in [0.1, 0.15) is 22.6 Å². The molecule has 1 heterocycles. The van der Waals surface area contributed by atoms with E-state index in [9.17, 15) is 13.6 Å². The third-order valence-electron chi connectivity index (χ3n) is 1.64. The summed E-state index contributed by atoms with van der Waals surface area (Å²) in [5.74, 6) is -0.769. The number of hydrogen-bond acceptors (Lipinski definition) is 4. The second-order valence-electron chi connectivity index (χ2n) is 2.58. The molecule has 82 valence electrons. The van der Waals surface area contributed by atoms with E-state index in [1.165, 1.54) is 6.07 Å². The van der Waals surface area contributed by atoms with E-state index in [1.807, 2.05) is 0 Å². The number of esters is 1. The van der Waals surface area contributed by atoms with Gasteiger partial charge in [0.1, 0.15) is 11.4 Å². The summed E-state index contributed by atoms with van der Waals surface area (Å²) < 4.78 is 29.6. The van der Waals surface area contributed by atoms with E-state index in [2.05, 4.69) is 9.72 Å². The maximum Gasteiger partial charge on any atom is 0.356 e. The molecule has 1 aromatic rings. The highest BCUT2D eigenvalue weighted by Crippen LogP contribution is 2.27. The van der Waals surface area contributed by atoms with Gasteiger partial charge >= 0.3 is 5.97 Å². The number of aromatic nitrogens is 1. The molecular formula is C8H7F2IN2O2. The number of nitrogens with two attached hydrogens (primary N) is 1. The average Bonchev–Trinajstić information content (AvgIpc) is 2.20. The van der Waals surface area contributed by atoms with E-state index in [0.29, 0.717) is 3.57 Å². The fourth-order valence-electron chi connectivity index (χ4n) is 0.918. The monoisotopic (exact) mass is 328 g/mol. The molecule has 0 amide bonds. The zero-order valence-corrected chi connectivity index (χ0v) is 9.79. The van der Waals surface area contributed by atoms with Crippen molar-refractivity contribution in [3.63, 3.8) is 0 Å². The van der Waals surface area contributed by atoms with Crippen LogP contribution in [0.15, 0.2) is 6.07 Å². The second-order valence-corrected chi connectivity index (χ2v) is 3.74. The first kappa shape index (κ1) is 12.1. The van der Waals surface area contributed by atoms with Gasteiger partial charge in [0.15, 0.2) is 0 Å². The number of ether oxygens (including phenoxy) is 1. The molecule has 15 heavy (non-hydrogen) atoms. The Labute approximate surface area is 98.0 Å². The SMILES string of the molecule is COC(=O)c1cc(I)c(N)c(C(F)F)n1. The van der Waals surface area contributed by atoms with Crippen molar-refractivity contribution in [1.82, 2.24) is 4.98 Å². The molecule has 0 radical (unpaired) electrons. The van der Waals surface area contributed by atoms with Gasteiger partial charge in [0.2, 0.25) is 0 Å². The van der Waals surface area contributed by atoms with Crippen molar-refractivity contribution >= 4 is 34.2 Å². The standard InChI is InChI=1S/C8H7F2IN2O2/c1-15-8(14)4-2-3(11)5(12)6(13-4)7(9)10/h2,7H,12H2,1H3. The van der Waals surface area contributed by atoms with Crippen molar-refractivity contribution in [3.05, 3.63) is 21.0 Å². The molecule has 0 fully saturated rings. The number of hydrogen-bond donors (Lipinski definition) is 1. The van der Waals surface area contributed by atoms with Crippen LogP contribution in [0.3, 0.4) is 0 Å². The Balaban J connectivity index is 3.29. The molecule has 7 heteroatoms. The predicted molar refractivity (Wildman–Crippen MR) is 57.7 cm³/mol. The van der Waals surface area contributed by atoms with Crippen LogP contribution in [0.25, 0.3) is 0 Å². The van der Waals surface area contributed by atoms with Crippen molar-refractivity contribution in [2.75, 3.05) is 12.8 Å². The molecule has 1 aromatic heterocycles. The lowest BCUT2D eigenvalue weighted by Gasteiger charge is -2.07. The van der Waals surface area contributed by atoms with Gasteiger partial charge in [-0.15, -0.1) is 0 Å². The normalized spacial score (nSPS) is 10.5. The lowest BCUT2D eigenvalue weighted by Crippen LogP contribution is -2.10. The van der Waals surface area contributed by atoms with Crippen LogP contribution < -0.4 is 5.73 Å². The molecule has 0 saturated heterocycles. The number of pyridine rings is 1. The van der Waals surface area contributed by atoms with Crippen molar-refractivity contribution < 1.29 is 18.3 Å². The van der Waals surface area contributed by atoms with Gasteiger partial charge in [-0.1, -0.05) is 0 Å². The first-order valence-corrected chi connectivity index (χ1v) is 4.87. The summed E-state index contributed by atoms with van der Waals surface area (Å²) in [7, 11) is 1.15. The Morgan fingerprint density at radius 1 is 1.67 bits per heavy atom. The summed E-state index contributed by atoms with van der Waals surface area (Å²) in [6.07, 6.45) is -2.82. The lowest BCUT2D eigenvalue weighted by molar-refractivity contribution is 0.0592. The highest BCUT2D eigenvalue weighted by molar-refractivity contribution is 14.1. The highest BCUT2D eigenvalue weighted by Gasteiger charge is 2.19. The highest BCUT2D eigenvalue weighted by atomic mass is 127. The number of carbonyl (C=O) groups is 1. The average molecular weight is 328 g/mol. The van der Waals surface area contributed by atoms with Gasteiger partial charge in [-0.2, -0.15) is 0 Å². The van der Waals surface area contributed by atoms with Gasteiger partial charge in [0.25, 0.3) is 6.43 Å². The van der Waals surface area contributed by atoms with Gasteiger partial charge in [-0.05, 0) is 28.7 Å². The van der Waals surface area contributed by atoms with Gasteiger partial charge < -0.3 is 10.5 Å². The second kappa shape index (κ2) is 4.69. The molecule has 0 aliphatic carbocycles. The maximum absolute atomic E-state index is 12.5. The number of anilines is 1. The van der Waals surface area contributed by atoms with Crippen LogP contribution in [0.2, 0.25) is 0 Å². The molecule has 0 unspecified atom stereocenters. The van der Waals surface area contributed by atoms with Crippen LogP contribution in [0.4, 0.5) is 14.5 Å². The first-order chi connectivity index (χ1) is 6.97. The van der Waals surface area contributed by atoms with E-state index in [-0.39, 0.29) is 11.4 Å². The number of methoxy groups -OCH3 is 1. The zero-order valence-electron chi connectivity index (χ0n) is 7.63. The maximum atomic E-state index is 12.5. The number of rotatable bonds is 2. The topological polar surface area (TPSA) is 65.2 Å². The summed E-state index contributed by atoms with van der Waals surface area (Å²) in [6, 6.07) is 1.30. The van der Waals surface area contributed by atoms with Crippen molar-refractivity contribution in [2.24, 2.45) is 0 Å². The van der Waals surface area contributed by atoms with Gasteiger partial charge in [0, 0.05) is 3.57 Å². The fraction of sp³-hybridized carbons (Fsp3) is 0.250. The van der Waals surface area contributed by atoms with E-state index >= 15 is 0 Å². The van der Waals surface area contributed by atoms with Crippen LogP contribution in [0, 0.1) is 3.57 Å². The van der Waals surface area contributed by atoms with Crippen molar-refractivity contribution in [3.8, 4) is 0 Å². The third kappa shape index (κ3) is 2.52. The molecule has 2 N–H and O–H groups in total. The van der Waals surface area contributed by atoms with E-state index in [4.69, 9.17) is 5.73 Å². The molecule has 0 aliphatic rings. The third-order valence-corrected chi connectivity index (χ3v) is 2.53. The van der Waals surface area contributed by atoms with Gasteiger partial charge in [-0.3, -0.25) is 0 Å². The Morgan fingerprint density at radius 3 is 2.73 bits per heavy atom. The molecule has 0 spiro atoms. The largest absolute Gasteiger partial charge is 0.464 e. The van der Waals surface area contributed by atoms with Crippen LogP contribution in [-0.2, 0) is 4.74 Å². The van der Waals surface area contributed by atoms with Crippen molar-refractivity contribution in [1.29, 1.82) is 0 Å². The Morgan fingerprint density at radius 2 is 2.27 bits per heavy atom. The van der Waals surface area contributed by atoms with E-state index in [1.54, 1.807) is 22.6 Å². The van der Waals surface area contributed by atoms with Crippen LogP contribution >= 0.6 is 22.6 Å². The molecular weight excluding hydrogens is 321 g/mol. The zero-order chi connectivity index (χ0) is 11.6. The predicted octanol–water partition coefficient (Wildman–Crippen LogP) is 1.99. The molecule has 0 bridgehead atoms. The number of carbonyl (C=O) groups excluding carboxylic acids is 1. The summed E-state index contributed by atoms with van der Waals surface area (Å²) in [6.45, 7) is 0. The van der Waals surface area contributed by atoms with E-state index in [0.717, 1.165) is 7.11 Å². The summed E-state index contributed by atoms with van der Waals surface area (Å²) >= 11 is 1.75. The summed E-state index contributed by atoms with van der Waals surface area (Å²) in [5.41, 5.74) is 4.51. The first-order valence-electron chi connectivity index (χ1n) is 3.79. The van der Waals surface area contributed by atoms with Crippen LogP contribution in [-0.4, -0.2) is 18.1 Å². The van der Waals surface area contributed by atoms with Crippen molar-refractivity contribution in [2.45, 2.75) is 6.43 Å². The smallest absolute Gasteiger partial charge is 0.356 e. The minimum absolute atomic E-state index is 0.113. The summed E-state index contributed by atoms with van der Waals surface area (Å²) in [5, 5.41) is 0. The number of halogens is 3. The number of alkyl halides is 2. The molecule has 4 nitrogen and oxygen atoms in total. The summed E-state index contributed by atoms with van der Waals surface area (Å²) in [4.78, 5) is 14.5. The van der Waals surface area contributed by atoms with E-state index < -0.39 is 18.1 Å². The number of nitrogen functional groups attached to an aromatic ring is 1. The molecule has 0 aliphatic heterocycles. The molecule has 0 saturated carbocycles. The van der Waals surface area contributed by atoms with Crippen LogP contribution in [0.5, 0.6) is 0 Å². The lowest BCUT2D eigenvalue weighted by atomic mass is 10.2. The number of nitrogens with zero attached hydrogens (tertiary/aromatic N) is 1. The Kier molecular flexibility index (Phi) is 3.77. The molecule has 1 rings (SSSR count). The Bertz CT molecular complexity index is 398. The Hall–Kier alpha value is -0.990. The molecule has 0 atom stereocenters. The minimum Gasteiger partial charge on any atom is -0.464 e. The fourth-order valence-corrected chi connectivity index (χ4v) is 1.49. The van der Waals surface area contributed by atoms with Gasteiger partial charge in [0.05, 0.1) is 12.8 Å². The van der Waals surface area contributed by atoms with Gasteiger partial charge in [-0.25, -0.2) is 18.6 Å². The molecule has 0 aromatic carbocycles.